The lowest BCUT2D eigenvalue weighted by atomic mass is 9.84. The van der Waals surface area contributed by atoms with Crippen LogP contribution >= 0.6 is 0 Å². The Kier molecular flexibility index (Phi) is 3.50. The highest BCUT2D eigenvalue weighted by atomic mass is 16.4. The van der Waals surface area contributed by atoms with Crippen molar-refractivity contribution in [3.05, 3.63) is 18.0 Å². The molecule has 0 atom stereocenters. The van der Waals surface area contributed by atoms with Gasteiger partial charge in [0, 0.05) is 18.9 Å². The van der Waals surface area contributed by atoms with Gasteiger partial charge in [-0.1, -0.05) is 13.8 Å². The van der Waals surface area contributed by atoms with Gasteiger partial charge in [-0.05, 0) is 24.3 Å². The molecular weight excluding hydrogens is 192 g/mol. The second-order valence-electron chi connectivity index (χ2n) is 4.68. The first-order valence-electron chi connectivity index (χ1n) is 5.09. The average molecular weight is 210 g/mol. The standard InChI is InChI=1S/C11H18N2O2/c1-11(2,8-10(14)15)6-4-9-5-7-12-13(9)3/h5,7H,4,6,8H2,1-3H3,(H,14,15). The van der Waals surface area contributed by atoms with Gasteiger partial charge >= 0.3 is 5.97 Å². The summed E-state index contributed by atoms with van der Waals surface area (Å²) in [6, 6.07) is 1.97. The Hall–Kier alpha value is -1.32. The maximum atomic E-state index is 10.6. The highest BCUT2D eigenvalue weighted by Crippen LogP contribution is 2.26. The van der Waals surface area contributed by atoms with Crippen molar-refractivity contribution in [1.29, 1.82) is 0 Å². The van der Waals surface area contributed by atoms with Crippen molar-refractivity contribution >= 4 is 5.97 Å². The van der Waals surface area contributed by atoms with E-state index < -0.39 is 5.97 Å². The summed E-state index contributed by atoms with van der Waals surface area (Å²) in [6.07, 6.45) is 3.71. The third-order valence-electron chi connectivity index (χ3n) is 2.61. The van der Waals surface area contributed by atoms with E-state index in [-0.39, 0.29) is 11.8 Å². The van der Waals surface area contributed by atoms with Gasteiger partial charge in [-0.3, -0.25) is 9.48 Å². The van der Waals surface area contributed by atoms with Crippen molar-refractivity contribution in [1.82, 2.24) is 9.78 Å². The fourth-order valence-corrected chi connectivity index (χ4v) is 1.61. The highest BCUT2D eigenvalue weighted by Gasteiger charge is 2.21. The number of hydrogen-bond acceptors (Lipinski definition) is 2. The van der Waals surface area contributed by atoms with E-state index in [1.807, 2.05) is 31.6 Å². The molecule has 0 saturated carbocycles. The molecule has 0 spiro atoms. The van der Waals surface area contributed by atoms with E-state index in [1.165, 1.54) is 0 Å². The monoisotopic (exact) mass is 210 g/mol. The minimum atomic E-state index is -0.731. The fraction of sp³-hybridized carbons (Fsp3) is 0.636. The van der Waals surface area contributed by atoms with Crippen molar-refractivity contribution in [3.8, 4) is 0 Å². The van der Waals surface area contributed by atoms with Crippen LogP contribution in [0, 0.1) is 5.41 Å². The summed E-state index contributed by atoms with van der Waals surface area (Å²) in [5.41, 5.74) is 0.990. The van der Waals surface area contributed by atoms with Crippen molar-refractivity contribution in [2.75, 3.05) is 0 Å². The summed E-state index contributed by atoms with van der Waals surface area (Å²) >= 11 is 0. The first-order chi connectivity index (χ1) is 6.91. The summed E-state index contributed by atoms with van der Waals surface area (Å²) in [7, 11) is 1.90. The molecule has 0 radical (unpaired) electrons. The van der Waals surface area contributed by atoms with Gasteiger partial charge in [-0.25, -0.2) is 0 Å². The molecule has 0 aliphatic rings. The molecule has 0 amide bonds. The molecule has 0 aliphatic carbocycles. The van der Waals surface area contributed by atoms with Gasteiger partial charge in [0.25, 0.3) is 0 Å². The normalized spacial score (nSPS) is 11.7. The van der Waals surface area contributed by atoms with Crippen LogP contribution in [0.25, 0.3) is 0 Å². The van der Waals surface area contributed by atoms with Crippen molar-refractivity contribution in [2.45, 2.75) is 33.1 Å². The summed E-state index contributed by atoms with van der Waals surface area (Å²) in [5, 5.41) is 12.8. The van der Waals surface area contributed by atoms with Crippen LogP contribution in [0.5, 0.6) is 0 Å². The molecule has 1 N–H and O–H groups in total. The molecule has 84 valence electrons. The lowest BCUT2D eigenvalue weighted by molar-refractivity contribution is -0.139. The van der Waals surface area contributed by atoms with Crippen LogP contribution in [0.1, 0.15) is 32.4 Å². The molecule has 0 saturated heterocycles. The molecule has 1 aromatic rings. The first-order valence-corrected chi connectivity index (χ1v) is 5.09. The lowest BCUT2D eigenvalue weighted by Gasteiger charge is -2.21. The van der Waals surface area contributed by atoms with Gasteiger partial charge in [-0.15, -0.1) is 0 Å². The smallest absolute Gasteiger partial charge is 0.303 e. The number of hydrogen-bond donors (Lipinski definition) is 1. The Morgan fingerprint density at radius 3 is 2.73 bits per heavy atom. The minimum Gasteiger partial charge on any atom is -0.481 e. The topological polar surface area (TPSA) is 55.1 Å². The van der Waals surface area contributed by atoms with Gasteiger partial charge in [0.1, 0.15) is 0 Å². The second kappa shape index (κ2) is 4.47. The number of aryl methyl sites for hydroxylation is 2. The van der Waals surface area contributed by atoms with E-state index in [9.17, 15) is 4.79 Å². The number of rotatable bonds is 5. The molecule has 0 fully saturated rings. The van der Waals surface area contributed by atoms with E-state index >= 15 is 0 Å². The predicted octanol–water partition coefficient (Wildman–Crippen LogP) is 1.85. The second-order valence-corrected chi connectivity index (χ2v) is 4.68. The lowest BCUT2D eigenvalue weighted by Crippen LogP contribution is -2.18. The maximum Gasteiger partial charge on any atom is 0.303 e. The van der Waals surface area contributed by atoms with Crippen LogP contribution in [0.2, 0.25) is 0 Å². The van der Waals surface area contributed by atoms with Gasteiger partial charge in [0.05, 0.1) is 6.42 Å². The SMILES string of the molecule is Cn1nccc1CCC(C)(C)CC(=O)O. The van der Waals surface area contributed by atoms with Crippen LogP contribution in [-0.2, 0) is 18.3 Å². The van der Waals surface area contributed by atoms with Crippen LogP contribution in [0.4, 0.5) is 0 Å². The molecule has 0 aliphatic heterocycles. The van der Waals surface area contributed by atoms with Crippen LogP contribution in [0.3, 0.4) is 0 Å². The minimum absolute atomic E-state index is 0.157. The maximum absolute atomic E-state index is 10.6. The largest absolute Gasteiger partial charge is 0.481 e. The zero-order chi connectivity index (χ0) is 11.5. The van der Waals surface area contributed by atoms with Gasteiger partial charge in [0.2, 0.25) is 0 Å². The highest BCUT2D eigenvalue weighted by molar-refractivity contribution is 5.67. The Balaban J connectivity index is 2.49. The number of carbonyl (C=O) groups is 1. The quantitative estimate of drug-likeness (QED) is 0.807. The zero-order valence-corrected chi connectivity index (χ0v) is 9.53. The molecule has 4 nitrogen and oxygen atoms in total. The fourth-order valence-electron chi connectivity index (χ4n) is 1.61. The van der Waals surface area contributed by atoms with Crippen LogP contribution < -0.4 is 0 Å². The third kappa shape index (κ3) is 3.73. The molecule has 0 aromatic carbocycles. The van der Waals surface area contributed by atoms with E-state index in [2.05, 4.69) is 5.10 Å². The molecule has 0 unspecified atom stereocenters. The Bertz CT molecular complexity index is 342. The first kappa shape index (κ1) is 11.8. The molecule has 15 heavy (non-hydrogen) atoms. The number of aromatic nitrogens is 2. The van der Waals surface area contributed by atoms with E-state index in [0.29, 0.717) is 0 Å². The third-order valence-corrected chi connectivity index (χ3v) is 2.61. The Morgan fingerprint density at radius 2 is 2.27 bits per heavy atom. The number of aliphatic carboxylic acids is 1. The Labute approximate surface area is 89.9 Å². The molecule has 1 heterocycles. The molecule has 1 rings (SSSR count). The van der Waals surface area contributed by atoms with Crippen molar-refractivity contribution in [2.24, 2.45) is 12.5 Å². The molecule has 4 heteroatoms. The van der Waals surface area contributed by atoms with Crippen molar-refractivity contribution < 1.29 is 9.90 Å². The number of carboxylic acid groups (broad SMARTS) is 1. The van der Waals surface area contributed by atoms with Gasteiger partial charge in [-0.2, -0.15) is 5.10 Å². The summed E-state index contributed by atoms with van der Waals surface area (Å²) in [6.45, 7) is 3.97. The van der Waals surface area contributed by atoms with Gasteiger partial charge < -0.3 is 5.11 Å². The van der Waals surface area contributed by atoms with E-state index in [0.717, 1.165) is 18.5 Å². The average Bonchev–Trinajstić information content (AvgIpc) is 2.45. The summed E-state index contributed by atoms with van der Waals surface area (Å²) in [4.78, 5) is 10.6. The van der Waals surface area contributed by atoms with Crippen LogP contribution in [-0.4, -0.2) is 20.9 Å². The summed E-state index contributed by atoms with van der Waals surface area (Å²) < 4.78 is 1.83. The number of carboxylic acids is 1. The zero-order valence-electron chi connectivity index (χ0n) is 9.53. The van der Waals surface area contributed by atoms with E-state index in [4.69, 9.17) is 5.11 Å². The Morgan fingerprint density at radius 1 is 1.60 bits per heavy atom. The molecular formula is C11H18N2O2. The summed E-state index contributed by atoms with van der Waals surface area (Å²) in [5.74, 6) is -0.731. The van der Waals surface area contributed by atoms with Crippen molar-refractivity contribution in [3.63, 3.8) is 0 Å². The number of nitrogens with zero attached hydrogens (tertiary/aromatic N) is 2. The van der Waals surface area contributed by atoms with Crippen LogP contribution in [0.15, 0.2) is 12.3 Å². The predicted molar refractivity (Wildman–Crippen MR) is 57.6 cm³/mol. The molecule has 1 aromatic heterocycles. The molecule has 0 bridgehead atoms. The van der Waals surface area contributed by atoms with Gasteiger partial charge in [0.15, 0.2) is 0 Å². The van der Waals surface area contributed by atoms with E-state index in [1.54, 1.807) is 6.20 Å².